The zero-order valence-electron chi connectivity index (χ0n) is 26.3. The second-order valence-electron chi connectivity index (χ2n) is 11.8. The number of carboxylic acids is 1. The number of carbonyl (C=O) groups excluding carboxylic acids is 1. The van der Waals surface area contributed by atoms with Crippen molar-refractivity contribution in [1.29, 1.82) is 0 Å². The summed E-state index contributed by atoms with van der Waals surface area (Å²) in [4.78, 5) is 39.3. The van der Waals surface area contributed by atoms with Gasteiger partial charge in [0, 0.05) is 23.5 Å². The largest absolute Gasteiger partial charge is 0.491 e. The highest BCUT2D eigenvalue weighted by atomic mass is 32.1. The molecule has 5 aromatic rings. The number of aromatic carboxylic acids is 1. The molecule has 0 radical (unpaired) electrons. The van der Waals surface area contributed by atoms with Crippen molar-refractivity contribution >= 4 is 55.0 Å². The average molecular weight is 674 g/mol. The number of aryl methyl sites for hydroxylation is 2. The lowest BCUT2D eigenvalue weighted by Crippen LogP contribution is -2.32. The average Bonchev–Trinajstić information content (AvgIpc) is 3.67. The van der Waals surface area contributed by atoms with Crippen LogP contribution in [-0.2, 0) is 25.8 Å². The lowest BCUT2D eigenvalue weighted by Gasteiger charge is -2.29. The SMILES string of the molecule is CN(C)CCCc1ccc(OCCCc2sc(N3CCc4cccc(C(=O)Nc5nc6ccccc6s5)c4C3)nc2C(=O)O)c(F)c1. The lowest BCUT2D eigenvalue weighted by atomic mass is 9.94. The Hall–Kier alpha value is -4.39. The van der Waals surface area contributed by atoms with Gasteiger partial charge in [0.25, 0.3) is 5.91 Å². The Labute approximate surface area is 280 Å². The molecule has 12 heteroatoms. The van der Waals surface area contributed by atoms with E-state index in [1.165, 1.54) is 28.7 Å². The molecule has 1 aliphatic heterocycles. The van der Waals surface area contributed by atoms with Crippen LogP contribution in [0.15, 0.2) is 60.7 Å². The zero-order valence-corrected chi connectivity index (χ0v) is 27.9. The summed E-state index contributed by atoms with van der Waals surface area (Å²) in [6, 6.07) is 18.5. The summed E-state index contributed by atoms with van der Waals surface area (Å²) >= 11 is 2.77. The van der Waals surface area contributed by atoms with E-state index < -0.39 is 11.8 Å². The van der Waals surface area contributed by atoms with Gasteiger partial charge < -0.3 is 19.6 Å². The molecule has 1 amide bonds. The molecule has 47 heavy (non-hydrogen) atoms. The molecule has 2 N–H and O–H groups in total. The number of nitrogens with zero attached hydrogens (tertiary/aromatic N) is 4. The van der Waals surface area contributed by atoms with Crippen LogP contribution in [0.3, 0.4) is 0 Å². The number of anilines is 2. The maximum Gasteiger partial charge on any atom is 0.355 e. The van der Waals surface area contributed by atoms with Gasteiger partial charge in [0.05, 0.1) is 16.8 Å². The number of rotatable bonds is 13. The quantitative estimate of drug-likeness (QED) is 0.130. The van der Waals surface area contributed by atoms with Crippen molar-refractivity contribution in [2.24, 2.45) is 0 Å². The van der Waals surface area contributed by atoms with Crippen molar-refractivity contribution in [2.75, 3.05) is 44.0 Å². The molecule has 0 fully saturated rings. The Bertz CT molecular complexity index is 1870. The summed E-state index contributed by atoms with van der Waals surface area (Å²) in [6.07, 6.45) is 3.38. The van der Waals surface area contributed by atoms with Gasteiger partial charge in [-0.05, 0) is 99.8 Å². The van der Waals surface area contributed by atoms with E-state index >= 15 is 0 Å². The van der Waals surface area contributed by atoms with Gasteiger partial charge >= 0.3 is 5.97 Å². The predicted molar refractivity (Wildman–Crippen MR) is 185 cm³/mol. The van der Waals surface area contributed by atoms with E-state index in [2.05, 4.69) is 20.2 Å². The molecule has 0 spiro atoms. The van der Waals surface area contributed by atoms with E-state index in [0.717, 1.165) is 46.3 Å². The first-order chi connectivity index (χ1) is 22.7. The van der Waals surface area contributed by atoms with Crippen LogP contribution in [0.25, 0.3) is 10.2 Å². The van der Waals surface area contributed by atoms with E-state index in [-0.39, 0.29) is 24.0 Å². The van der Waals surface area contributed by atoms with Crippen molar-refractivity contribution in [3.8, 4) is 5.75 Å². The number of carbonyl (C=O) groups is 2. The van der Waals surface area contributed by atoms with Crippen molar-refractivity contribution in [1.82, 2.24) is 14.9 Å². The smallest absolute Gasteiger partial charge is 0.355 e. The lowest BCUT2D eigenvalue weighted by molar-refractivity contribution is 0.0690. The Balaban J connectivity index is 1.09. The number of benzene rings is 3. The number of fused-ring (bicyclic) bond motifs is 2. The van der Waals surface area contributed by atoms with Gasteiger partial charge in [0.15, 0.2) is 27.5 Å². The molecule has 3 heterocycles. The number of ether oxygens (including phenoxy) is 1. The van der Waals surface area contributed by atoms with Crippen molar-refractivity contribution < 1.29 is 23.8 Å². The fraction of sp³-hybridized carbons (Fsp3) is 0.314. The summed E-state index contributed by atoms with van der Waals surface area (Å²) < 4.78 is 21.4. The summed E-state index contributed by atoms with van der Waals surface area (Å²) in [5.74, 6) is -1.52. The summed E-state index contributed by atoms with van der Waals surface area (Å²) in [6.45, 7) is 2.26. The number of hydrogen-bond donors (Lipinski definition) is 2. The first-order valence-electron chi connectivity index (χ1n) is 15.6. The Kier molecular flexibility index (Phi) is 10.1. The highest BCUT2D eigenvalue weighted by molar-refractivity contribution is 7.22. The van der Waals surface area contributed by atoms with Gasteiger partial charge in [0.1, 0.15) is 0 Å². The number of halogens is 1. The van der Waals surface area contributed by atoms with Crippen LogP contribution in [0.1, 0.15) is 55.3 Å². The van der Waals surface area contributed by atoms with Crippen LogP contribution in [0.2, 0.25) is 0 Å². The number of carboxylic acid groups (broad SMARTS) is 1. The summed E-state index contributed by atoms with van der Waals surface area (Å²) in [5.41, 5.74) is 4.33. The second-order valence-corrected chi connectivity index (χ2v) is 13.8. The highest BCUT2D eigenvalue weighted by Crippen LogP contribution is 2.33. The maximum atomic E-state index is 14.6. The van der Waals surface area contributed by atoms with E-state index in [0.29, 0.717) is 53.1 Å². The van der Waals surface area contributed by atoms with Crippen LogP contribution in [0.4, 0.5) is 14.7 Å². The molecular formula is C35H36FN5O4S2. The van der Waals surface area contributed by atoms with Gasteiger partial charge in [-0.15, -0.1) is 11.3 Å². The summed E-state index contributed by atoms with van der Waals surface area (Å²) in [5, 5.41) is 14.0. The highest BCUT2D eigenvalue weighted by Gasteiger charge is 2.26. The van der Waals surface area contributed by atoms with Gasteiger partial charge in [-0.3, -0.25) is 10.1 Å². The number of aromatic nitrogens is 2. The third-order valence-corrected chi connectivity index (χ3v) is 10.2. The summed E-state index contributed by atoms with van der Waals surface area (Å²) in [7, 11) is 4.03. The number of thiazole rings is 2. The number of hydrogen-bond acceptors (Lipinski definition) is 9. The molecule has 0 saturated carbocycles. The first kappa shape index (κ1) is 32.5. The molecule has 2 aromatic heterocycles. The van der Waals surface area contributed by atoms with Crippen molar-refractivity contribution in [3.05, 3.63) is 99.3 Å². The molecule has 6 rings (SSSR count). The maximum absolute atomic E-state index is 14.6. The van der Waals surface area contributed by atoms with Crippen LogP contribution >= 0.6 is 22.7 Å². The topological polar surface area (TPSA) is 108 Å². The predicted octanol–water partition coefficient (Wildman–Crippen LogP) is 6.91. The number of amides is 1. The van der Waals surface area contributed by atoms with E-state index in [4.69, 9.17) is 4.74 Å². The monoisotopic (exact) mass is 673 g/mol. The van der Waals surface area contributed by atoms with E-state index in [9.17, 15) is 19.1 Å². The molecular weight excluding hydrogens is 638 g/mol. The molecule has 0 bridgehead atoms. The second kappa shape index (κ2) is 14.6. The molecule has 1 aliphatic rings. The van der Waals surface area contributed by atoms with Gasteiger partial charge in [-0.1, -0.05) is 41.7 Å². The molecule has 3 aromatic carbocycles. The molecule has 0 atom stereocenters. The fourth-order valence-corrected chi connectivity index (χ4v) is 7.67. The zero-order chi connectivity index (χ0) is 32.9. The van der Waals surface area contributed by atoms with Crippen molar-refractivity contribution in [2.45, 2.75) is 38.6 Å². The van der Waals surface area contributed by atoms with Crippen LogP contribution < -0.4 is 15.0 Å². The first-order valence-corrected chi connectivity index (χ1v) is 17.2. The fourth-order valence-electron chi connectivity index (χ4n) is 5.69. The minimum atomic E-state index is -1.09. The number of nitrogens with one attached hydrogen (secondary N) is 1. The molecule has 0 saturated heterocycles. The normalized spacial score (nSPS) is 12.8. The molecule has 0 unspecified atom stereocenters. The van der Waals surface area contributed by atoms with Crippen LogP contribution in [-0.4, -0.2) is 65.6 Å². The molecule has 244 valence electrons. The van der Waals surface area contributed by atoms with Crippen LogP contribution in [0, 0.1) is 5.82 Å². The van der Waals surface area contributed by atoms with Gasteiger partial charge in [-0.25, -0.2) is 19.2 Å². The van der Waals surface area contributed by atoms with Crippen LogP contribution in [0.5, 0.6) is 5.75 Å². The van der Waals surface area contributed by atoms with Crippen molar-refractivity contribution in [3.63, 3.8) is 0 Å². The molecule has 9 nitrogen and oxygen atoms in total. The third kappa shape index (κ3) is 7.78. The minimum absolute atomic E-state index is 0.0194. The Morgan fingerprint density at radius 2 is 1.89 bits per heavy atom. The van der Waals surface area contributed by atoms with E-state index in [1.807, 2.05) is 67.5 Å². The third-order valence-electron chi connectivity index (χ3n) is 8.06. The van der Waals surface area contributed by atoms with Gasteiger partial charge in [-0.2, -0.15) is 0 Å². The number of para-hydroxylation sites is 1. The minimum Gasteiger partial charge on any atom is -0.491 e. The molecule has 0 aliphatic carbocycles. The standard InChI is InChI=1S/C35H36FN5O4S2/c1-40(2)17-6-8-22-14-15-28(26(36)20-22)45-19-7-13-30-31(33(43)44)38-35(47-30)41-18-16-23-9-5-10-24(25(23)21-41)32(42)39-34-37-27-11-3-4-12-29(27)46-34/h3-5,9-12,14-15,20H,6-8,13,16-19,21H2,1-2H3,(H,43,44)(H,37,39,42). The van der Waals surface area contributed by atoms with Gasteiger partial charge in [0.2, 0.25) is 0 Å². The Morgan fingerprint density at radius 3 is 2.68 bits per heavy atom. The Morgan fingerprint density at radius 1 is 1.04 bits per heavy atom. The van der Waals surface area contributed by atoms with E-state index in [1.54, 1.807) is 6.07 Å².